The third-order valence-electron chi connectivity index (χ3n) is 5.64. The van der Waals surface area contributed by atoms with E-state index in [1.807, 2.05) is 23.1 Å². The number of rotatable bonds is 4. The summed E-state index contributed by atoms with van der Waals surface area (Å²) in [5.74, 6) is -0.586. The van der Waals surface area contributed by atoms with Crippen LogP contribution in [0, 0.1) is 5.82 Å². The molecule has 4 rings (SSSR count). The van der Waals surface area contributed by atoms with E-state index in [-0.39, 0.29) is 17.7 Å². The van der Waals surface area contributed by atoms with E-state index in [1.165, 1.54) is 18.2 Å². The van der Waals surface area contributed by atoms with Crippen LogP contribution in [0.1, 0.15) is 39.1 Å². The minimum atomic E-state index is -0.440. The quantitative estimate of drug-likeness (QED) is 0.780. The maximum absolute atomic E-state index is 13.4. The topological polar surface area (TPSA) is 60.9 Å². The highest BCUT2D eigenvalue weighted by Gasteiger charge is 2.26. The zero-order valence-corrected chi connectivity index (χ0v) is 16.7. The molecule has 0 unspecified atom stereocenters. The molecule has 0 bridgehead atoms. The standard InChI is InChI=1S/C23H24FN3O3/c24-20-7-2-6-19(15-20)23(30)26-12-10-25(11-13-26)22(29)18-5-1-4-17(14-18)16-27-9-3-8-21(27)28/h1-2,4-7,14-15H,3,8-13,16H2. The van der Waals surface area contributed by atoms with Gasteiger partial charge < -0.3 is 14.7 Å². The fourth-order valence-corrected chi connectivity index (χ4v) is 3.99. The van der Waals surface area contributed by atoms with Gasteiger partial charge in [-0.3, -0.25) is 14.4 Å². The molecule has 2 aliphatic rings. The summed E-state index contributed by atoms with van der Waals surface area (Å²) >= 11 is 0. The first-order chi connectivity index (χ1) is 14.5. The van der Waals surface area contributed by atoms with Gasteiger partial charge in [0.25, 0.3) is 11.8 Å². The summed E-state index contributed by atoms with van der Waals surface area (Å²) in [6.45, 7) is 2.95. The van der Waals surface area contributed by atoms with E-state index in [0.717, 1.165) is 18.5 Å². The summed E-state index contributed by atoms with van der Waals surface area (Å²) in [5, 5.41) is 0. The predicted octanol–water partition coefficient (Wildman–Crippen LogP) is 2.55. The molecule has 0 spiro atoms. The number of likely N-dealkylation sites (tertiary alicyclic amines) is 1. The van der Waals surface area contributed by atoms with Gasteiger partial charge in [-0.05, 0) is 42.3 Å². The fraction of sp³-hybridized carbons (Fsp3) is 0.348. The molecule has 2 heterocycles. The van der Waals surface area contributed by atoms with Crippen LogP contribution in [0.25, 0.3) is 0 Å². The van der Waals surface area contributed by atoms with Gasteiger partial charge in [0.15, 0.2) is 0 Å². The number of halogens is 1. The summed E-state index contributed by atoms with van der Waals surface area (Å²) in [7, 11) is 0. The SMILES string of the molecule is O=C1CCCN1Cc1cccc(C(=O)N2CCN(C(=O)c3cccc(F)c3)CC2)c1. The molecule has 0 N–H and O–H groups in total. The van der Waals surface area contributed by atoms with E-state index in [4.69, 9.17) is 0 Å². The monoisotopic (exact) mass is 409 g/mol. The Balaban J connectivity index is 1.37. The van der Waals surface area contributed by atoms with Crippen LogP contribution in [-0.4, -0.2) is 65.1 Å². The minimum Gasteiger partial charge on any atom is -0.338 e. The maximum atomic E-state index is 13.4. The first-order valence-corrected chi connectivity index (χ1v) is 10.2. The summed E-state index contributed by atoms with van der Waals surface area (Å²) in [5.41, 5.74) is 1.85. The number of amides is 3. The van der Waals surface area contributed by atoms with Crippen molar-refractivity contribution < 1.29 is 18.8 Å². The lowest BCUT2D eigenvalue weighted by Crippen LogP contribution is -2.50. The molecular weight excluding hydrogens is 385 g/mol. The van der Waals surface area contributed by atoms with E-state index in [9.17, 15) is 18.8 Å². The molecule has 156 valence electrons. The molecule has 0 radical (unpaired) electrons. The molecular formula is C23H24FN3O3. The van der Waals surface area contributed by atoms with Gasteiger partial charge in [0, 0.05) is 56.8 Å². The summed E-state index contributed by atoms with van der Waals surface area (Å²) in [6, 6.07) is 13.0. The highest BCUT2D eigenvalue weighted by atomic mass is 19.1. The van der Waals surface area contributed by atoms with Gasteiger partial charge >= 0.3 is 0 Å². The van der Waals surface area contributed by atoms with Crippen LogP contribution in [0.3, 0.4) is 0 Å². The number of carbonyl (C=O) groups is 3. The molecule has 2 aliphatic heterocycles. The van der Waals surface area contributed by atoms with Crippen LogP contribution in [0.2, 0.25) is 0 Å². The Kier molecular flexibility index (Phi) is 5.79. The summed E-state index contributed by atoms with van der Waals surface area (Å²) in [6.07, 6.45) is 1.48. The highest BCUT2D eigenvalue weighted by molar-refractivity contribution is 5.96. The van der Waals surface area contributed by atoms with Gasteiger partial charge in [-0.25, -0.2) is 4.39 Å². The second-order valence-electron chi connectivity index (χ2n) is 7.71. The third kappa shape index (κ3) is 4.35. The van der Waals surface area contributed by atoms with Crippen LogP contribution in [0.5, 0.6) is 0 Å². The van der Waals surface area contributed by atoms with E-state index < -0.39 is 5.82 Å². The van der Waals surface area contributed by atoms with Gasteiger partial charge in [-0.1, -0.05) is 18.2 Å². The van der Waals surface area contributed by atoms with Crippen LogP contribution < -0.4 is 0 Å². The Morgan fingerprint density at radius 1 is 0.833 bits per heavy atom. The Morgan fingerprint density at radius 3 is 2.00 bits per heavy atom. The molecule has 6 nitrogen and oxygen atoms in total. The number of carbonyl (C=O) groups excluding carboxylic acids is 3. The molecule has 2 saturated heterocycles. The van der Waals surface area contributed by atoms with E-state index >= 15 is 0 Å². The average molecular weight is 409 g/mol. The fourth-order valence-electron chi connectivity index (χ4n) is 3.99. The minimum absolute atomic E-state index is 0.0811. The summed E-state index contributed by atoms with van der Waals surface area (Å²) in [4.78, 5) is 42.5. The van der Waals surface area contributed by atoms with Crippen LogP contribution in [-0.2, 0) is 11.3 Å². The number of hydrogen-bond acceptors (Lipinski definition) is 3. The smallest absolute Gasteiger partial charge is 0.254 e. The maximum Gasteiger partial charge on any atom is 0.254 e. The largest absolute Gasteiger partial charge is 0.338 e. The average Bonchev–Trinajstić information content (AvgIpc) is 3.17. The molecule has 0 saturated carbocycles. The molecule has 7 heteroatoms. The van der Waals surface area contributed by atoms with Crippen molar-refractivity contribution in [2.45, 2.75) is 19.4 Å². The van der Waals surface area contributed by atoms with Crippen molar-refractivity contribution in [2.75, 3.05) is 32.7 Å². The number of hydrogen-bond donors (Lipinski definition) is 0. The Morgan fingerprint density at radius 2 is 1.43 bits per heavy atom. The van der Waals surface area contributed by atoms with Gasteiger partial charge in [0.1, 0.15) is 5.82 Å². The molecule has 2 fully saturated rings. The first kappa shape index (κ1) is 20.1. The number of benzene rings is 2. The van der Waals surface area contributed by atoms with Gasteiger partial charge in [0.05, 0.1) is 0 Å². The van der Waals surface area contributed by atoms with Crippen molar-refractivity contribution in [1.29, 1.82) is 0 Å². The molecule has 0 atom stereocenters. The predicted molar refractivity (Wildman–Crippen MR) is 109 cm³/mol. The number of nitrogens with zero attached hydrogens (tertiary/aromatic N) is 3. The van der Waals surface area contributed by atoms with Crippen molar-refractivity contribution in [2.24, 2.45) is 0 Å². The Hall–Kier alpha value is -3.22. The van der Waals surface area contributed by atoms with E-state index in [0.29, 0.717) is 50.3 Å². The van der Waals surface area contributed by atoms with E-state index in [1.54, 1.807) is 21.9 Å². The number of piperazine rings is 1. The Bertz CT molecular complexity index is 970. The zero-order valence-electron chi connectivity index (χ0n) is 16.7. The third-order valence-corrected chi connectivity index (χ3v) is 5.64. The summed E-state index contributed by atoms with van der Waals surface area (Å²) < 4.78 is 13.4. The first-order valence-electron chi connectivity index (χ1n) is 10.2. The van der Waals surface area contributed by atoms with Gasteiger partial charge in [-0.15, -0.1) is 0 Å². The van der Waals surface area contributed by atoms with Crippen molar-refractivity contribution in [1.82, 2.24) is 14.7 Å². The van der Waals surface area contributed by atoms with Crippen molar-refractivity contribution >= 4 is 17.7 Å². The lowest BCUT2D eigenvalue weighted by Gasteiger charge is -2.35. The van der Waals surface area contributed by atoms with Crippen LogP contribution in [0.4, 0.5) is 4.39 Å². The molecule has 2 aromatic rings. The zero-order chi connectivity index (χ0) is 21.1. The van der Waals surface area contributed by atoms with E-state index in [2.05, 4.69) is 0 Å². The van der Waals surface area contributed by atoms with Gasteiger partial charge in [-0.2, -0.15) is 0 Å². The molecule has 0 aromatic heterocycles. The lowest BCUT2D eigenvalue weighted by molar-refractivity contribution is -0.128. The second-order valence-corrected chi connectivity index (χ2v) is 7.71. The van der Waals surface area contributed by atoms with Crippen molar-refractivity contribution in [3.05, 3.63) is 71.0 Å². The van der Waals surface area contributed by atoms with Crippen LogP contribution in [0.15, 0.2) is 48.5 Å². The highest BCUT2D eigenvalue weighted by Crippen LogP contribution is 2.17. The molecule has 30 heavy (non-hydrogen) atoms. The lowest BCUT2D eigenvalue weighted by atomic mass is 10.1. The molecule has 2 aromatic carbocycles. The van der Waals surface area contributed by atoms with Crippen molar-refractivity contribution in [3.8, 4) is 0 Å². The second kappa shape index (κ2) is 8.65. The normalized spacial score (nSPS) is 16.8. The molecule has 3 amide bonds. The Labute approximate surface area is 174 Å². The van der Waals surface area contributed by atoms with Gasteiger partial charge in [0.2, 0.25) is 5.91 Å². The van der Waals surface area contributed by atoms with Crippen LogP contribution >= 0.6 is 0 Å². The van der Waals surface area contributed by atoms with Crippen molar-refractivity contribution in [3.63, 3.8) is 0 Å². The molecule has 0 aliphatic carbocycles.